The number of rotatable bonds is 2. The Kier molecular flexibility index (Phi) is 2.61. The van der Waals surface area contributed by atoms with Crippen molar-refractivity contribution in [1.29, 1.82) is 0 Å². The summed E-state index contributed by atoms with van der Waals surface area (Å²) in [5.74, 6) is -0.167. The zero-order chi connectivity index (χ0) is 12.4. The average molecular weight is 233 g/mol. The lowest BCUT2D eigenvalue weighted by molar-refractivity contribution is -0.112. The third-order valence-corrected chi connectivity index (χ3v) is 2.89. The minimum absolute atomic E-state index is 0.167. The molecule has 1 aliphatic rings. The van der Waals surface area contributed by atoms with Gasteiger partial charge in [0.2, 0.25) is 0 Å². The smallest absolute Gasteiger partial charge is 0.267 e. The number of carbonyl (C=O) groups is 1. The molecular formula is C16H11NO. The molecule has 86 valence electrons. The zero-order valence-electron chi connectivity index (χ0n) is 9.71. The largest absolute Gasteiger partial charge is 0.278 e. The van der Waals surface area contributed by atoms with Crippen LogP contribution in [0.25, 0.3) is 5.57 Å². The van der Waals surface area contributed by atoms with Crippen LogP contribution in [0.2, 0.25) is 0 Å². The highest BCUT2D eigenvalue weighted by Gasteiger charge is 2.19. The summed E-state index contributed by atoms with van der Waals surface area (Å²) >= 11 is 0. The van der Waals surface area contributed by atoms with E-state index >= 15 is 0 Å². The van der Waals surface area contributed by atoms with Gasteiger partial charge >= 0.3 is 0 Å². The number of aliphatic imine (C=N–C) groups is 1. The predicted molar refractivity (Wildman–Crippen MR) is 72.4 cm³/mol. The van der Waals surface area contributed by atoms with E-state index in [0.29, 0.717) is 5.57 Å². The normalized spacial score (nSPS) is 14.3. The van der Waals surface area contributed by atoms with Gasteiger partial charge in [0.25, 0.3) is 5.91 Å². The van der Waals surface area contributed by atoms with Crippen LogP contribution in [0.5, 0.6) is 0 Å². The first-order valence-electron chi connectivity index (χ1n) is 5.80. The van der Waals surface area contributed by atoms with Crippen LogP contribution in [0.15, 0.2) is 71.7 Å². The second-order valence-electron chi connectivity index (χ2n) is 4.09. The molecule has 0 radical (unpaired) electrons. The van der Waals surface area contributed by atoms with E-state index in [1.54, 1.807) is 0 Å². The van der Waals surface area contributed by atoms with Crippen LogP contribution >= 0.6 is 0 Å². The van der Waals surface area contributed by atoms with E-state index in [9.17, 15) is 4.79 Å². The highest BCUT2D eigenvalue weighted by molar-refractivity contribution is 6.35. The molecule has 0 spiro atoms. The van der Waals surface area contributed by atoms with Crippen molar-refractivity contribution in [1.82, 2.24) is 0 Å². The van der Waals surface area contributed by atoms with Crippen LogP contribution in [0.4, 0.5) is 0 Å². The van der Waals surface area contributed by atoms with E-state index in [4.69, 9.17) is 0 Å². The van der Waals surface area contributed by atoms with Crippen LogP contribution in [0, 0.1) is 0 Å². The molecule has 0 bridgehead atoms. The van der Waals surface area contributed by atoms with Crippen molar-refractivity contribution in [2.45, 2.75) is 0 Å². The minimum atomic E-state index is -0.167. The SMILES string of the molecule is O=C1N=C(c2ccccc2)C=C1c1ccccc1. The Hall–Kier alpha value is -2.48. The van der Waals surface area contributed by atoms with E-state index in [1.165, 1.54) is 0 Å². The molecule has 0 N–H and O–H groups in total. The molecule has 2 heteroatoms. The first-order chi connectivity index (χ1) is 8.84. The van der Waals surface area contributed by atoms with Crippen molar-refractivity contribution < 1.29 is 4.79 Å². The molecule has 0 saturated heterocycles. The molecule has 2 aromatic carbocycles. The topological polar surface area (TPSA) is 29.4 Å². The fourth-order valence-corrected chi connectivity index (χ4v) is 1.98. The van der Waals surface area contributed by atoms with Gasteiger partial charge in [-0.3, -0.25) is 4.79 Å². The number of benzene rings is 2. The van der Waals surface area contributed by atoms with Gasteiger partial charge in [-0.15, -0.1) is 0 Å². The number of carbonyl (C=O) groups excluding carboxylic acids is 1. The van der Waals surface area contributed by atoms with Crippen LogP contribution in [-0.2, 0) is 4.79 Å². The fourth-order valence-electron chi connectivity index (χ4n) is 1.98. The van der Waals surface area contributed by atoms with E-state index in [-0.39, 0.29) is 5.91 Å². The second kappa shape index (κ2) is 4.41. The molecule has 2 nitrogen and oxygen atoms in total. The van der Waals surface area contributed by atoms with Crippen LogP contribution in [0.1, 0.15) is 11.1 Å². The van der Waals surface area contributed by atoms with Crippen molar-refractivity contribution in [3.05, 3.63) is 77.9 Å². The molecule has 2 aromatic rings. The summed E-state index contributed by atoms with van der Waals surface area (Å²) in [6, 6.07) is 19.4. The number of amides is 1. The van der Waals surface area contributed by atoms with Crippen molar-refractivity contribution >= 4 is 17.2 Å². The summed E-state index contributed by atoms with van der Waals surface area (Å²) in [5.41, 5.74) is 3.28. The van der Waals surface area contributed by atoms with Gasteiger partial charge < -0.3 is 0 Å². The Labute approximate surface area is 105 Å². The third kappa shape index (κ3) is 1.89. The van der Waals surface area contributed by atoms with Gasteiger partial charge in [-0.1, -0.05) is 60.7 Å². The molecule has 1 amide bonds. The second-order valence-corrected chi connectivity index (χ2v) is 4.09. The number of hydrogen-bond donors (Lipinski definition) is 0. The molecule has 0 aliphatic carbocycles. The molecule has 0 fully saturated rings. The van der Waals surface area contributed by atoms with Crippen molar-refractivity contribution in [2.24, 2.45) is 4.99 Å². The molecule has 0 aromatic heterocycles. The van der Waals surface area contributed by atoms with Crippen LogP contribution in [0.3, 0.4) is 0 Å². The molecular weight excluding hydrogens is 222 g/mol. The molecule has 3 rings (SSSR count). The average Bonchev–Trinajstić information content (AvgIpc) is 2.83. The lowest BCUT2D eigenvalue weighted by Crippen LogP contribution is -1.93. The number of nitrogens with zero attached hydrogens (tertiary/aromatic N) is 1. The zero-order valence-corrected chi connectivity index (χ0v) is 9.71. The van der Waals surface area contributed by atoms with Crippen molar-refractivity contribution in [2.75, 3.05) is 0 Å². The summed E-state index contributed by atoms with van der Waals surface area (Å²) in [4.78, 5) is 16.0. The highest BCUT2D eigenvalue weighted by Crippen LogP contribution is 2.22. The monoisotopic (exact) mass is 233 g/mol. The standard InChI is InChI=1S/C16H11NO/c18-16-14(12-7-3-1-4-8-12)11-15(17-16)13-9-5-2-6-10-13/h1-11H. The van der Waals surface area contributed by atoms with Crippen LogP contribution in [-0.4, -0.2) is 11.6 Å². The molecule has 0 saturated carbocycles. The van der Waals surface area contributed by atoms with E-state index in [2.05, 4.69) is 4.99 Å². The Bertz CT molecular complexity index is 599. The van der Waals surface area contributed by atoms with E-state index in [1.807, 2.05) is 66.7 Å². The summed E-state index contributed by atoms with van der Waals surface area (Å²) in [6.07, 6.45) is 1.85. The Morgan fingerprint density at radius 3 is 1.89 bits per heavy atom. The van der Waals surface area contributed by atoms with Gasteiger partial charge in [0, 0.05) is 5.56 Å². The van der Waals surface area contributed by atoms with Gasteiger partial charge in [0.1, 0.15) is 0 Å². The van der Waals surface area contributed by atoms with Gasteiger partial charge in [-0.05, 0) is 11.6 Å². The quantitative estimate of drug-likeness (QED) is 0.783. The summed E-state index contributed by atoms with van der Waals surface area (Å²) in [6.45, 7) is 0. The van der Waals surface area contributed by atoms with Gasteiger partial charge in [0.05, 0.1) is 11.3 Å². The molecule has 1 aliphatic heterocycles. The minimum Gasteiger partial charge on any atom is -0.267 e. The first kappa shape index (κ1) is 10.7. The third-order valence-electron chi connectivity index (χ3n) is 2.89. The molecule has 18 heavy (non-hydrogen) atoms. The molecule has 1 heterocycles. The van der Waals surface area contributed by atoms with Gasteiger partial charge in [0.15, 0.2) is 0 Å². The highest BCUT2D eigenvalue weighted by atomic mass is 16.1. The fraction of sp³-hybridized carbons (Fsp3) is 0. The molecule has 0 atom stereocenters. The summed E-state index contributed by atoms with van der Waals surface area (Å²) < 4.78 is 0. The van der Waals surface area contributed by atoms with Gasteiger partial charge in [-0.25, -0.2) is 4.99 Å². The maximum Gasteiger partial charge on any atom is 0.278 e. The van der Waals surface area contributed by atoms with Crippen molar-refractivity contribution in [3.8, 4) is 0 Å². The predicted octanol–water partition coefficient (Wildman–Crippen LogP) is 3.10. The lowest BCUT2D eigenvalue weighted by atomic mass is 10.0. The maximum absolute atomic E-state index is 11.9. The Morgan fingerprint density at radius 1 is 0.722 bits per heavy atom. The summed E-state index contributed by atoms with van der Waals surface area (Å²) in [7, 11) is 0. The number of allylic oxidation sites excluding steroid dienone is 1. The Morgan fingerprint density at radius 2 is 1.28 bits per heavy atom. The van der Waals surface area contributed by atoms with Gasteiger partial charge in [-0.2, -0.15) is 0 Å². The van der Waals surface area contributed by atoms with Crippen LogP contribution < -0.4 is 0 Å². The first-order valence-corrected chi connectivity index (χ1v) is 5.80. The molecule has 0 unspecified atom stereocenters. The number of hydrogen-bond acceptors (Lipinski definition) is 1. The lowest BCUT2D eigenvalue weighted by Gasteiger charge is -1.97. The van der Waals surface area contributed by atoms with Crippen molar-refractivity contribution in [3.63, 3.8) is 0 Å². The van der Waals surface area contributed by atoms with E-state index in [0.717, 1.165) is 16.8 Å². The summed E-state index contributed by atoms with van der Waals surface area (Å²) in [5, 5.41) is 0. The Balaban J connectivity index is 2.00. The maximum atomic E-state index is 11.9. The van der Waals surface area contributed by atoms with E-state index < -0.39 is 0 Å².